The maximum Gasteiger partial charge on any atom is 0.317 e. The molecule has 8 nitrogen and oxygen atoms in total. The van der Waals surface area contributed by atoms with Crippen molar-refractivity contribution in [1.29, 1.82) is 0 Å². The number of aryl methyl sites for hydroxylation is 1. The van der Waals surface area contributed by atoms with Crippen LogP contribution in [0.4, 0.5) is 4.79 Å². The summed E-state index contributed by atoms with van der Waals surface area (Å²) in [6.45, 7) is 2.04. The summed E-state index contributed by atoms with van der Waals surface area (Å²) < 4.78 is 1.69. The lowest BCUT2D eigenvalue weighted by atomic mass is 10.00. The molecule has 1 atom stereocenters. The number of amides is 3. The van der Waals surface area contributed by atoms with E-state index in [1.807, 2.05) is 23.1 Å². The second-order valence-electron chi connectivity index (χ2n) is 7.67. The van der Waals surface area contributed by atoms with Crippen LogP contribution in [0.1, 0.15) is 41.7 Å². The van der Waals surface area contributed by atoms with Crippen molar-refractivity contribution in [3.8, 4) is 0 Å². The van der Waals surface area contributed by atoms with Gasteiger partial charge in [-0.1, -0.05) is 35.5 Å². The molecular weight excluding hydrogens is 368 g/mol. The number of rotatable bonds is 7. The Hall–Kier alpha value is -2.90. The molecule has 0 spiro atoms. The number of carbonyl (C=O) groups excluding carboxylic acids is 2. The highest BCUT2D eigenvalue weighted by molar-refractivity contribution is 5.91. The van der Waals surface area contributed by atoms with Gasteiger partial charge in [0, 0.05) is 39.8 Å². The van der Waals surface area contributed by atoms with Crippen LogP contribution in [0.5, 0.6) is 0 Å². The van der Waals surface area contributed by atoms with Crippen LogP contribution < -0.4 is 5.32 Å². The second kappa shape index (κ2) is 10.0. The van der Waals surface area contributed by atoms with Crippen molar-refractivity contribution in [3.05, 3.63) is 47.8 Å². The van der Waals surface area contributed by atoms with E-state index in [4.69, 9.17) is 0 Å². The number of aromatic nitrogens is 3. The fourth-order valence-corrected chi connectivity index (χ4v) is 3.64. The zero-order valence-corrected chi connectivity index (χ0v) is 17.3. The fraction of sp³-hybridized carbons (Fsp3) is 0.524. The highest BCUT2D eigenvalue weighted by atomic mass is 16.2. The predicted molar refractivity (Wildman–Crippen MR) is 111 cm³/mol. The first-order valence-corrected chi connectivity index (χ1v) is 10.2. The van der Waals surface area contributed by atoms with Crippen molar-refractivity contribution in [2.45, 2.75) is 44.7 Å². The molecule has 29 heavy (non-hydrogen) atoms. The molecule has 0 aliphatic carbocycles. The Labute approximate surface area is 171 Å². The van der Waals surface area contributed by atoms with E-state index in [-0.39, 0.29) is 18.0 Å². The monoisotopic (exact) mass is 398 g/mol. The molecule has 2 aromatic rings. The van der Waals surface area contributed by atoms with E-state index in [1.165, 1.54) is 10.5 Å². The standard InChI is InChI=1S/C21H30N6O2/c1-25(2)20(28)19-16-26(24-23-19)15-12-18-10-6-7-14-27(18)21(29)22-13-11-17-8-4-3-5-9-17/h3-5,8-9,16,18H,6-7,10-15H2,1-2H3,(H,22,29). The van der Waals surface area contributed by atoms with Crippen LogP contribution in [0.15, 0.2) is 36.5 Å². The van der Waals surface area contributed by atoms with Crippen LogP contribution in [0, 0.1) is 0 Å². The topological polar surface area (TPSA) is 83.4 Å². The van der Waals surface area contributed by atoms with Crippen LogP contribution in [0.2, 0.25) is 0 Å². The first-order valence-electron chi connectivity index (χ1n) is 10.2. The second-order valence-corrected chi connectivity index (χ2v) is 7.67. The van der Waals surface area contributed by atoms with Gasteiger partial charge in [-0.15, -0.1) is 5.10 Å². The van der Waals surface area contributed by atoms with E-state index in [9.17, 15) is 9.59 Å². The van der Waals surface area contributed by atoms with Crippen molar-refractivity contribution >= 4 is 11.9 Å². The number of benzene rings is 1. The molecule has 1 aromatic heterocycles. The number of nitrogens with zero attached hydrogens (tertiary/aromatic N) is 5. The molecule has 1 unspecified atom stereocenters. The van der Waals surface area contributed by atoms with Gasteiger partial charge in [-0.3, -0.25) is 9.48 Å². The lowest BCUT2D eigenvalue weighted by molar-refractivity contribution is 0.0822. The Bertz CT molecular complexity index is 805. The van der Waals surface area contributed by atoms with Crippen molar-refractivity contribution in [3.63, 3.8) is 0 Å². The third kappa shape index (κ3) is 5.79. The Morgan fingerprint density at radius 3 is 2.76 bits per heavy atom. The molecule has 2 heterocycles. The number of hydrogen-bond acceptors (Lipinski definition) is 4. The number of carbonyl (C=O) groups is 2. The highest BCUT2D eigenvalue weighted by Crippen LogP contribution is 2.20. The zero-order valence-electron chi connectivity index (χ0n) is 17.3. The molecule has 0 radical (unpaired) electrons. The molecule has 8 heteroatoms. The summed E-state index contributed by atoms with van der Waals surface area (Å²) in [5.74, 6) is -0.159. The maximum absolute atomic E-state index is 12.7. The van der Waals surface area contributed by atoms with Gasteiger partial charge >= 0.3 is 6.03 Å². The van der Waals surface area contributed by atoms with Crippen LogP contribution in [0.25, 0.3) is 0 Å². The molecule has 0 bridgehead atoms. The third-order valence-corrected chi connectivity index (χ3v) is 5.28. The molecule has 1 aliphatic heterocycles. The smallest absolute Gasteiger partial charge is 0.317 e. The average molecular weight is 399 g/mol. The Morgan fingerprint density at radius 2 is 2.00 bits per heavy atom. The van der Waals surface area contributed by atoms with Gasteiger partial charge in [0.25, 0.3) is 5.91 Å². The number of urea groups is 1. The van der Waals surface area contributed by atoms with Gasteiger partial charge in [0.05, 0.1) is 6.20 Å². The highest BCUT2D eigenvalue weighted by Gasteiger charge is 2.26. The molecule has 3 rings (SSSR count). The van der Waals surface area contributed by atoms with Crippen LogP contribution in [-0.2, 0) is 13.0 Å². The van der Waals surface area contributed by atoms with Crippen molar-refractivity contribution in [2.24, 2.45) is 0 Å². The van der Waals surface area contributed by atoms with E-state index in [0.29, 0.717) is 18.8 Å². The summed E-state index contributed by atoms with van der Waals surface area (Å²) in [6, 6.07) is 10.4. The minimum atomic E-state index is -0.159. The fourth-order valence-electron chi connectivity index (χ4n) is 3.64. The zero-order chi connectivity index (χ0) is 20.6. The molecule has 156 valence electrons. The molecule has 1 fully saturated rings. The lowest BCUT2D eigenvalue weighted by Gasteiger charge is -2.35. The van der Waals surface area contributed by atoms with Gasteiger partial charge in [-0.05, 0) is 37.7 Å². The van der Waals surface area contributed by atoms with Crippen LogP contribution in [-0.4, -0.2) is 70.0 Å². The minimum Gasteiger partial charge on any atom is -0.343 e. The number of nitrogens with one attached hydrogen (secondary N) is 1. The van der Waals surface area contributed by atoms with Crippen molar-refractivity contribution in [1.82, 2.24) is 30.1 Å². The van der Waals surface area contributed by atoms with Crippen LogP contribution in [0.3, 0.4) is 0 Å². The van der Waals surface area contributed by atoms with Gasteiger partial charge in [0.2, 0.25) is 0 Å². The molecule has 1 aromatic carbocycles. The van der Waals surface area contributed by atoms with Crippen molar-refractivity contribution < 1.29 is 9.59 Å². The van der Waals surface area contributed by atoms with Gasteiger partial charge in [-0.2, -0.15) is 0 Å². The molecule has 3 amide bonds. The normalized spacial score (nSPS) is 16.5. The predicted octanol–water partition coefficient (Wildman–Crippen LogP) is 2.18. The summed E-state index contributed by atoms with van der Waals surface area (Å²) >= 11 is 0. The molecule has 0 saturated carbocycles. The molecule has 1 aliphatic rings. The summed E-state index contributed by atoms with van der Waals surface area (Å²) in [6.07, 6.45) is 6.45. The van der Waals surface area contributed by atoms with Gasteiger partial charge in [-0.25, -0.2) is 4.79 Å². The van der Waals surface area contributed by atoms with E-state index in [0.717, 1.165) is 38.6 Å². The summed E-state index contributed by atoms with van der Waals surface area (Å²) in [5.41, 5.74) is 1.56. The third-order valence-electron chi connectivity index (χ3n) is 5.28. The lowest BCUT2D eigenvalue weighted by Crippen LogP contribution is -2.49. The summed E-state index contributed by atoms with van der Waals surface area (Å²) in [4.78, 5) is 28.1. The van der Waals surface area contributed by atoms with E-state index < -0.39 is 0 Å². The largest absolute Gasteiger partial charge is 0.343 e. The SMILES string of the molecule is CN(C)C(=O)c1cn(CCC2CCCCN2C(=O)NCCc2ccccc2)nn1. The maximum atomic E-state index is 12.7. The Kier molecular flexibility index (Phi) is 7.21. The van der Waals surface area contributed by atoms with Gasteiger partial charge in [0.1, 0.15) is 0 Å². The number of piperidine rings is 1. The summed E-state index contributed by atoms with van der Waals surface area (Å²) in [7, 11) is 3.38. The average Bonchev–Trinajstić information content (AvgIpc) is 3.21. The van der Waals surface area contributed by atoms with E-state index in [2.05, 4.69) is 27.8 Å². The first-order chi connectivity index (χ1) is 14.0. The minimum absolute atomic E-state index is 0.00713. The molecular formula is C21H30N6O2. The van der Waals surface area contributed by atoms with Crippen molar-refractivity contribution in [2.75, 3.05) is 27.2 Å². The van der Waals surface area contributed by atoms with Gasteiger partial charge < -0.3 is 15.1 Å². The first kappa shape index (κ1) is 20.8. The number of likely N-dealkylation sites (tertiary alicyclic amines) is 1. The van der Waals surface area contributed by atoms with Crippen LogP contribution >= 0.6 is 0 Å². The van der Waals surface area contributed by atoms with E-state index in [1.54, 1.807) is 25.0 Å². The van der Waals surface area contributed by atoms with E-state index >= 15 is 0 Å². The molecule has 1 saturated heterocycles. The van der Waals surface area contributed by atoms with Gasteiger partial charge in [0.15, 0.2) is 5.69 Å². The summed E-state index contributed by atoms with van der Waals surface area (Å²) in [5, 5.41) is 11.1. The Balaban J connectivity index is 1.50. The Morgan fingerprint density at radius 1 is 1.21 bits per heavy atom. The number of hydrogen-bond donors (Lipinski definition) is 1. The quantitative estimate of drug-likeness (QED) is 0.775. The molecule has 1 N–H and O–H groups in total.